The molecule has 0 radical (unpaired) electrons. The maximum atomic E-state index is 13.4. The molecule has 0 unspecified atom stereocenters. The molecular weight excluding hydrogens is 423 g/mol. The summed E-state index contributed by atoms with van der Waals surface area (Å²) in [4.78, 5) is 21.0. The van der Waals surface area contributed by atoms with Crippen LogP contribution in [-0.4, -0.2) is 59.5 Å². The highest BCUT2D eigenvalue weighted by molar-refractivity contribution is 7.98. The summed E-state index contributed by atoms with van der Waals surface area (Å²) in [6.07, 6.45) is 3.47. The van der Waals surface area contributed by atoms with Crippen molar-refractivity contribution >= 4 is 29.0 Å². The van der Waals surface area contributed by atoms with Gasteiger partial charge < -0.3 is 10.1 Å². The van der Waals surface area contributed by atoms with E-state index in [1.807, 2.05) is 12.3 Å². The number of morpholine rings is 1. The molecule has 3 heterocycles. The van der Waals surface area contributed by atoms with E-state index in [1.165, 1.54) is 28.8 Å². The smallest absolute Gasteiger partial charge is 0.270 e. The molecule has 1 atom stereocenters. The lowest BCUT2D eigenvalue weighted by Gasteiger charge is -2.34. The standard InChI is InChI=1S/C21H23FN4O2S2/c1-29-21-24-14-18(26(21)16-6-4-15(22)5-7-16)20(27)23-13-17(19-3-2-12-30-19)25-8-10-28-11-9-25/h2-7,12,14,17H,8-11,13H2,1H3,(H,23,27)/t17-/m1/s1. The quantitative estimate of drug-likeness (QED) is 0.562. The van der Waals surface area contributed by atoms with Crippen molar-refractivity contribution in [3.63, 3.8) is 0 Å². The third-order valence-corrected chi connectivity index (χ3v) is 6.67. The molecule has 1 aliphatic heterocycles. The van der Waals surface area contributed by atoms with Gasteiger partial charge in [0.15, 0.2) is 5.16 Å². The van der Waals surface area contributed by atoms with Gasteiger partial charge in [0.2, 0.25) is 0 Å². The van der Waals surface area contributed by atoms with Gasteiger partial charge in [-0.15, -0.1) is 11.3 Å². The number of carbonyl (C=O) groups is 1. The van der Waals surface area contributed by atoms with Gasteiger partial charge in [-0.1, -0.05) is 17.8 Å². The number of ether oxygens (including phenoxy) is 1. The van der Waals surface area contributed by atoms with Crippen molar-refractivity contribution in [2.24, 2.45) is 0 Å². The van der Waals surface area contributed by atoms with E-state index in [2.05, 4.69) is 26.6 Å². The first kappa shape index (κ1) is 21.0. The Labute approximate surface area is 183 Å². The Bertz CT molecular complexity index is 970. The van der Waals surface area contributed by atoms with Crippen LogP contribution < -0.4 is 5.32 Å². The fraction of sp³-hybridized carbons (Fsp3) is 0.333. The molecular formula is C21H23FN4O2S2. The minimum absolute atomic E-state index is 0.0973. The van der Waals surface area contributed by atoms with Crippen molar-refractivity contribution in [2.75, 3.05) is 39.1 Å². The van der Waals surface area contributed by atoms with E-state index < -0.39 is 0 Å². The molecule has 9 heteroatoms. The van der Waals surface area contributed by atoms with Crippen LogP contribution in [0.1, 0.15) is 21.4 Å². The SMILES string of the molecule is CSc1ncc(C(=O)NC[C@H](c2cccs2)N2CCOCC2)n1-c1ccc(F)cc1. The highest BCUT2D eigenvalue weighted by Gasteiger charge is 2.25. The number of thioether (sulfide) groups is 1. The minimum atomic E-state index is -0.320. The van der Waals surface area contributed by atoms with Crippen LogP contribution in [0, 0.1) is 5.82 Å². The minimum Gasteiger partial charge on any atom is -0.379 e. The number of nitrogens with zero attached hydrogens (tertiary/aromatic N) is 3. The molecule has 0 saturated carbocycles. The molecule has 4 rings (SSSR count). The molecule has 1 amide bonds. The van der Waals surface area contributed by atoms with E-state index in [4.69, 9.17) is 4.74 Å². The largest absolute Gasteiger partial charge is 0.379 e. The lowest BCUT2D eigenvalue weighted by Crippen LogP contribution is -2.43. The molecule has 2 aromatic heterocycles. The van der Waals surface area contributed by atoms with Crippen molar-refractivity contribution in [2.45, 2.75) is 11.2 Å². The first-order valence-corrected chi connectivity index (χ1v) is 11.8. The van der Waals surface area contributed by atoms with Crippen LogP contribution in [0.4, 0.5) is 4.39 Å². The highest BCUT2D eigenvalue weighted by Crippen LogP contribution is 2.26. The molecule has 1 aromatic carbocycles. The summed E-state index contributed by atoms with van der Waals surface area (Å²) in [5, 5.41) is 5.81. The lowest BCUT2D eigenvalue weighted by molar-refractivity contribution is 0.0169. The van der Waals surface area contributed by atoms with E-state index in [1.54, 1.807) is 34.2 Å². The Kier molecular flexibility index (Phi) is 6.83. The van der Waals surface area contributed by atoms with Crippen molar-refractivity contribution in [3.05, 3.63) is 64.4 Å². The fourth-order valence-electron chi connectivity index (χ4n) is 3.54. The average molecular weight is 447 g/mol. The normalized spacial score (nSPS) is 15.8. The molecule has 0 aliphatic carbocycles. The van der Waals surface area contributed by atoms with Gasteiger partial charge >= 0.3 is 0 Å². The summed E-state index contributed by atoms with van der Waals surface area (Å²) in [7, 11) is 0. The molecule has 3 aromatic rings. The van der Waals surface area contributed by atoms with Crippen LogP contribution >= 0.6 is 23.1 Å². The van der Waals surface area contributed by atoms with E-state index in [0.29, 0.717) is 36.3 Å². The molecule has 1 saturated heterocycles. The number of nitrogens with one attached hydrogen (secondary N) is 1. The van der Waals surface area contributed by atoms with Crippen LogP contribution in [0.15, 0.2) is 53.1 Å². The number of rotatable bonds is 7. The molecule has 6 nitrogen and oxygen atoms in total. The molecule has 30 heavy (non-hydrogen) atoms. The van der Waals surface area contributed by atoms with Crippen LogP contribution in [0.3, 0.4) is 0 Å². The van der Waals surface area contributed by atoms with Crippen molar-refractivity contribution in [1.29, 1.82) is 0 Å². The van der Waals surface area contributed by atoms with Gasteiger partial charge in [0.05, 0.1) is 25.5 Å². The van der Waals surface area contributed by atoms with Gasteiger partial charge in [-0.2, -0.15) is 0 Å². The average Bonchev–Trinajstić information content (AvgIpc) is 3.45. The second-order valence-electron chi connectivity index (χ2n) is 6.83. The summed E-state index contributed by atoms with van der Waals surface area (Å²) < 4.78 is 20.6. The third-order valence-electron chi connectivity index (χ3n) is 5.04. The van der Waals surface area contributed by atoms with E-state index in [0.717, 1.165) is 13.1 Å². The number of thiophene rings is 1. The van der Waals surface area contributed by atoms with Crippen LogP contribution in [0.25, 0.3) is 5.69 Å². The zero-order valence-corrected chi connectivity index (χ0v) is 18.2. The second-order valence-corrected chi connectivity index (χ2v) is 8.58. The van der Waals surface area contributed by atoms with E-state index >= 15 is 0 Å². The summed E-state index contributed by atoms with van der Waals surface area (Å²) in [5.41, 5.74) is 1.13. The van der Waals surface area contributed by atoms with Gasteiger partial charge in [-0.25, -0.2) is 9.37 Å². The first-order chi connectivity index (χ1) is 14.7. The number of hydrogen-bond donors (Lipinski definition) is 1. The fourth-order valence-corrected chi connectivity index (χ4v) is 4.94. The molecule has 1 fully saturated rings. The predicted molar refractivity (Wildman–Crippen MR) is 117 cm³/mol. The molecule has 1 aliphatic rings. The Morgan fingerprint density at radius 2 is 2.07 bits per heavy atom. The number of imidazole rings is 1. The Morgan fingerprint density at radius 3 is 2.73 bits per heavy atom. The van der Waals surface area contributed by atoms with Gasteiger partial charge in [0.1, 0.15) is 11.5 Å². The van der Waals surface area contributed by atoms with Crippen LogP contribution in [-0.2, 0) is 4.74 Å². The molecule has 0 spiro atoms. The number of amides is 1. The van der Waals surface area contributed by atoms with Crippen molar-refractivity contribution in [3.8, 4) is 5.69 Å². The second kappa shape index (κ2) is 9.74. The van der Waals surface area contributed by atoms with Crippen molar-refractivity contribution < 1.29 is 13.9 Å². The highest BCUT2D eigenvalue weighted by atomic mass is 32.2. The van der Waals surface area contributed by atoms with E-state index in [-0.39, 0.29) is 17.8 Å². The lowest BCUT2D eigenvalue weighted by atomic mass is 10.2. The number of halogens is 1. The Balaban J connectivity index is 1.54. The van der Waals surface area contributed by atoms with E-state index in [9.17, 15) is 9.18 Å². The summed E-state index contributed by atoms with van der Waals surface area (Å²) in [6, 6.07) is 10.3. The van der Waals surface area contributed by atoms with Crippen LogP contribution in [0.5, 0.6) is 0 Å². The Morgan fingerprint density at radius 1 is 1.30 bits per heavy atom. The monoisotopic (exact) mass is 446 g/mol. The van der Waals surface area contributed by atoms with Crippen molar-refractivity contribution in [1.82, 2.24) is 19.8 Å². The van der Waals surface area contributed by atoms with Gasteiger partial charge in [-0.3, -0.25) is 14.3 Å². The zero-order chi connectivity index (χ0) is 20.9. The zero-order valence-electron chi connectivity index (χ0n) is 16.6. The summed E-state index contributed by atoms with van der Waals surface area (Å²) in [6.45, 7) is 3.56. The number of aromatic nitrogens is 2. The molecule has 158 valence electrons. The van der Waals surface area contributed by atoms with Gasteiger partial charge in [-0.05, 0) is 42.0 Å². The predicted octanol–water partition coefficient (Wildman–Crippen LogP) is 3.60. The number of benzene rings is 1. The van der Waals surface area contributed by atoms with Gasteiger partial charge in [0, 0.05) is 30.2 Å². The molecule has 1 N–H and O–H groups in total. The third kappa shape index (κ3) is 4.59. The maximum absolute atomic E-state index is 13.4. The first-order valence-electron chi connectivity index (χ1n) is 9.68. The van der Waals surface area contributed by atoms with Gasteiger partial charge in [0.25, 0.3) is 5.91 Å². The Hall–Kier alpha value is -2.20. The number of carbonyl (C=O) groups excluding carboxylic acids is 1. The number of hydrogen-bond acceptors (Lipinski definition) is 6. The summed E-state index contributed by atoms with van der Waals surface area (Å²) in [5.74, 6) is -0.526. The topological polar surface area (TPSA) is 59.4 Å². The maximum Gasteiger partial charge on any atom is 0.270 e. The summed E-state index contributed by atoms with van der Waals surface area (Å²) >= 11 is 3.13. The molecule has 0 bridgehead atoms. The van der Waals surface area contributed by atoms with Crippen LogP contribution in [0.2, 0.25) is 0 Å².